The minimum absolute atomic E-state index is 0.0231. The Bertz CT molecular complexity index is 400. The van der Waals surface area contributed by atoms with Gasteiger partial charge in [-0.25, -0.2) is 0 Å². The van der Waals surface area contributed by atoms with Crippen LogP contribution in [0.3, 0.4) is 0 Å². The minimum atomic E-state index is 0.0231. The van der Waals surface area contributed by atoms with Crippen LogP contribution in [0.1, 0.15) is 25.7 Å². The molecule has 0 aromatic heterocycles. The molecule has 6 nitrogen and oxygen atoms in total. The molecular formula is C16H29N3O3. The van der Waals surface area contributed by atoms with Crippen LogP contribution in [0.5, 0.6) is 0 Å². The van der Waals surface area contributed by atoms with E-state index in [0.29, 0.717) is 32.0 Å². The number of amides is 2. The quantitative estimate of drug-likeness (QED) is 0.777. The van der Waals surface area contributed by atoms with Crippen molar-refractivity contribution in [2.24, 2.45) is 11.8 Å². The summed E-state index contributed by atoms with van der Waals surface area (Å²) in [5.41, 5.74) is 0. The summed E-state index contributed by atoms with van der Waals surface area (Å²) in [5, 5.41) is 9.53. The molecule has 0 aliphatic carbocycles. The maximum Gasteiger partial charge on any atom is 0.242 e. The molecule has 2 atom stereocenters. The monoisotopic (exact) mass is 311 g/mol. The molecule has 2 aliphatic rings. The average Bonchev–Trinajstić information content (AvgIpc) is 2.76. The molecule has 0 unspecified atom stereocenters. The molecule has 0 aromatic rings. The molecular weight excluding hydrogens is 282 g/mol. The Morgan fingerprint density at radius 3 is 2.64 bits per heavy atom. The van der Waals surface area contributed by atoms with E-state index in [2.05, 4.69) is 4.90 Å². The standard InChI is InChI=1S/C16H29N3O3/c1-17(2)8-13-9-19(10-14(13)12-20)16(22)11-18-7-5-3-4-6-15(18)21/h13-14,20H,3-12H2,1-2H3/t13-,14-/m1/s1. The lowest BCUT2D eigenvalue weighted by molar-refractivity contribution is -0.139. The van der Waals surface area contributed by atoms with E-state index in [1.54, 1.807) is 4.90 Å². The van der Waals surface area contributed by atoms with Crippen LogP contribution in [-0.4, -0.2) is 85.0 Å². The van der Waals surface area contributed by atoms with Crippen LogP contribution < -0.4 is 0 Å². The van der Waals surface area contributed by atoms with Crippen LogP contribution in [0, 0.1) is 11.8 Å². The van der Waals surface area contributed by atoms with Gasteiger partial charge in [0.1, 0.15) is 0 Å². The molecule has 1 N–H and O–H groups in total. The van der Waals surface area contributed by atoms with Gasteiger partial charge in [-0.2, -0.15) is 0 Å². The van der Waals surface area contributed by atoms with Crippen molar-refractivity contribution in [1.82, 2.24) is 14.7 Å². The van der Waals surface area contributed by atoms with Crippen molar-refractivity contribution in [3.63, 3.8) is 0 Å². The van der Waals surface area contributed by atoms with Crippen LogP contribution in [-0.2, 0) is 9.59 Å². The second-order valence-corrected chi connectivity index (χ2v) is 6.89. The van der Waals surface area contributed by atoms with Gasteiger partial charge in [-0.15, -0.1) is 0 Å². The third-order valence-corrected chi connectivity index (χ3v) is 4.76. The summed E-state index contributed by atoms with van der Waals surface area (Å²) in [6, 6.07) is 0. The molecule has 2 saturated heterocycles. The van der Waals surface area contributed by atoms with E-state index in [-0.39, 0.29) is 30.9 Å². The first-order valence-electron chi connectivity index (χ1n) is 8.32. The van der Waals surface area contributed by atoms with Gasteiger partial charge < -0.3 is 19.8 Å². The molecule has 0 spiro atoms. The van der Waals surface area contributed by atoms with E-state index in [1.807, 2.05) is 19.0 Å². The van der Waals surface area contributed by atoms with Crippen LogP contribution in [0.2, 0.25) is 0 Å². The first kappa shape index (κ1) is 17.2. The van der Waals surface area contributed by atoms with Crippen LogP contribution in [0.15, 0.2) is 0 Å². The number of carbonyl (C=O) groups excluding carboxylic acids is 2. The fraction of sp³-hybridized carbons (Fsp3) is 0.875. The summed E-state index contributed by atoms with van der Waals surface area (Å²) in [6.07, 6.45) is 3.56. The van der Waals surface area contributed by atoms with E-state index in [4.69, 9.17) is 0 Å². The van der Waals surface area contributed by atoms with Crippen molar-refractivity contribution >= 4 is 11.8 Å². The Kier molecular flexibility index (Phi) is 6.20. The maximum atomic E-state index is 12.5. The van der Waals surface area contributed by atoms with E-state index >= 15 is 0 Å². The van der Waals surface area contributed by atoms with Gasteiger partial charge in [-0.1, -0.05) is 6.42 Å². The molecule has 2 rings (SSSR count). The van der Waals surface area contributed by atoms with Crippen molar-refractivity contribution in [2.75, 3.05) is 53.4 Å². The zero-order valence-electron chi connectivity index (χ0n) is 13.8. The molecule has 2 fully saturated rings. The SMILES string of the molecule is CN(C)C[C@@H]1CN(C(=O)CN2CCCCCC2=O)C[C@@H]1CO. The zero-order valence-corrected chi connectivity index (χ0v) is 13.8. The Labute approximate surface area is 133 Å². The van der Waals surface area contributed by atoms with Crippen molar-refractivity contribution in [3.05, 3.63) is 0 Å². The second-order valence-electron chi connectivity index (χ2n) is 6.89. The second kappa shape index (κ2) is 7.92. The van der Waals surface area contributed by atoms with E-state index in [0.717, 1.165) is 25.8 Å². The number of hydrogen-bond acceptors (Lipinski definition) is 4. The lowest BCUT2D eigenvalue weighted by atomic mass is 9.97. The molecule has 0 aromatic carbocycles. The number of likely N-dealkylation sites (tertiary alicyclic amines) is 2. The smallest absolute Gasteiger partial charge is 0.242 e. The van der Waals surface area contributed by atoms with Crippen LogP contribution in [0.4, 0.5) is 0 Å². The minimum Gasteiger partial charge on any atom is -0.396 e. The topological polar surface area (TPSA) is 64.1 Å². The van der Waals surface area contributed by atoms with Gasteiger partial charge in [0.05, 0.1) is 6.54 Å². The molecule has 0 bridgehead atoms. The lowest BCUT2D eigenvalue weighted by Crippen LogP contribution is -2.42. The predicted molar refractivity (Wildman–Crippen MR) is 84.2 cm³/mol. The van der Waals surface area contributed by atoms with E-state index in [9.17, 15) is 14.7 Å². The van der Waals surface area contributed by atoms with Crippen molar-refractivity contribution in [2.45, 2.75) is 25.7 Å². The summed E-state index contributed by atoms with van der Waals surface area (Å²) in [5.74, 6) is 0.582. The first-order valence-corrected chi connectivity index (χ1v) is 8.32. The molecule has 126 valence electrons. The molecule has 22 heavy (non-hydrogen) atoms. The van der Waals surface area contributed by atoms with Crippen molar-refractivity contribution < 1.29 is 14.7 Å². The van der Waals surface area contributed by atoms with Crippen molar-refractivity contribution in [1.29, 1.82) is 0 Å². The van der Waals surface area contributed by atoms with Gasteiger partial charge >= 0.3 is 0 Å². The molecule has 6 heteroatoms. The number of aliphatic hydroxyl groups excluding tert-OH is 1. The highest BCUT2D eigenvalue weighted by Crippen LogP contribution is 2.24. The number of rotatable bonds is 5. The molecule has 2 aliphatic heterocycles. The van der Waals surface area contributed by atoms with Gasteiger partial charge in [-0.05, 0) is 32.9 Å². The largest absolute Gasteiger partial charge is 0.396 e. The number of hydrogen-bond donors (Lipinski definition) is 1. The number of aliphatic hydroxyl groups is 1. The van der Waals surface area contributed by atoms with E-state index < -0.39 is 0 Å². The van der Waals surface area contributed by atoms with E-state index in [1.165, 1.54) is 0 Å². The summed E-state index contributed by atoms with van der Waals surface area (Å²) in [4.78, 5) is 30.1. The Hall–Kier alpha value is -1.14. The Balaban J connectivity index is 1.90. The van der Waals surface area contributed by atoms with Crippen molar-refractivity contribution in [3.8, 4) is 0 Å². The average molecular weight is 311 g/mol. The highest BCUT2D eigenvalue weighted by molar-refractivity contribution is 5.85. The number of carbonyl (C=O) groups is 2. The summed E-state index contributed by atoms with van der Waals surface area (Å²) >= 11 is 0. The fourth-order valence-corrected chi connectivity index (χ4v) is 3.49. The zero-order chi connectivity index (χ0) is 16.1. The number of nitrogens with zero attached hydrogens (tertiary/aromatic N) is 3. The summed E-state index contributed by atoms with van der Waals surface area (Å²) in [7, 11) is 4.02. The highest BCUT2D eigenvalue weighted by Gasteiger charge is 2.35. The highest BCUT2D eigenvalue weighted by atomic mass is 16.3. The van der Waals surface area contributed by atoms with Gasteiger partial charge in [0, 0.05) is 45.1 Å². The van der Waals surface area contributed by atoms with Gasteiger partial charge in [0.2, 0.25) is 11.8 Å². The van der Waals surface area contributed by atoms with Gasteiger partial charge in [0.15, 0.2) is 0 Å². The van der Waals surface area contributed by atoms with Gasteiger partial charge in [0.25, 0.3) is 0 Å². The van der Waals surface area contributed by atoms with Crippen LogP contribution in [0.25, 0.3) is 0 Å². The summed E-state index contributed by atoms with van der Waals surface area (Å²) < 4.78 is 0. The third kappa shape index (κ3) is 4.43. The molecule has 2 heterocycles. The maximum absolute atomic E-state index is 12.5. The molecule has 2 amide bonds. The Morgan fingerprint density at radius 1 is 1.23 bits per heavy atom. The van der Waals surface area contributed by atoms with Crippen LogP contribution >= 0.6 is 0 Å². The molecule has 0 saturated carbocycles. The van der Waals surface area contributed by atoms with Gasteiger partial charge in [-0.3, -0.25) is 9.59 Å². The first-order chi connectivity index (χ1) is 10.5. The normalized spacial score (nSPS) is 26.6. The summed E-state index contributed by atoms with van der Waals surface area (Å²) in [6.45, 7) is 3.18. The fourth-order valence-electron chi connectivity index (χ4n) is 3.49. The Morgan fingerprint density at radius 2 is 1.95 bits per heavy atom. The lowest BCUT2D eigenvalue weighted by Gasteiger charge is -2.24. The third-order valence-electron chi connectivity index (χ3n) is 4.76. The molecule has 0 radical (unpaired) electrons. The predicted octanol–water partition coefficient (Wildman–Crippen LogP) is 0.0175.